The molecule has 0 radical (unpaired) electrons. The van der Waals surface area contributed by atoms with Crippen LogP contribution in [0.4, 0.5) is 5.82 Å². The first-order valence-corrected chi connectivity index (χ1v) is 6.53. The first-order valence-electron chi connectivity index (χ1n) is 5.58. The Morgan fingerprint density at radius 3 is 3.06 bits per heavy atom. The van der Waals surface area contributed by atoms with Gasteiger partial charge in [0.05, 0.1) is 11.2 Å². The lowest BCUT2D eigenvalue weighted by atomic mass is 10.3. The summed E-state index contributed by atoms with van der Waals surface area (Å²) in [5.74, 6) is 0.584. The second-order valence-corrected chi connectivity index (χ2v) is 4.79. The standard InChI is InChI=1S/C11H17N5S/c1-15(7-10-8-17-9-13-10)4-2-5-16-6-3-11(12)14-16/h3,6,8-9H,2,4-5,7H2,1H3,(H2,12,14). The molecule has 2 N–H and O–H groups in total. The quantitative estimate of drug-likeness (QED) is 0.844. The monoisotopic (exact) mass is 251 g/mol. The van der Waals surface area contributed by atoms with Gasteiger partial charge in [-0.3, -0.25) is 4.68 Å². The molecule has 0 aromatic carbocycles. The van der Waals surface area contributed by atoms with E-state index in [2.05, 4.69) is 27.4 Å². The number of aromatic nitrogens is 3. The van der Waals surface area contributed by atoms with Crippen molar-refractivity contribution in [2.45, 2.75) is 19.5 Å². The zero-order valence-corrected chi connectivity index (χ0v) is 10.7. The first kappa shape index (κ1) is 12.1. The van der Waals surface area contributed by atoms with Crippen LogP contribution in [-0.4, -0.2) is 33.3 Å². The van der Waals surface area contributed by atoms with E-state index in [-0.39, 0.29) is 0 Å². The molecule has 2 aromatic rings. The third-order valence-electron chi connectivity index (χ3n) is 2.50. The molecule has 6 heteroatoms. The number of thiazole rings is 1. The molecular weight excluding hydrogens is 234 g/mol. The third-order valence-corrected chi connectivity index (χ3v) is 3.14. The van der Waals surface area contributed by atoms with Gasteiger partial charge in [0.1, 0.15) is 5.82 Å². The molecule has 0 aliphatic carbocycles. The Morgan fingerprint density at radius 1 is 1.53 bits per heavy atom. The van der Waals surface area contributed by atoms with E-state index in [0.717, 1.165) is 31.7 Å². The number of anilines is 1. The molecule has 0 bridgehead atoms. The van der Waals surface area contributed by atoms with Crippen LogP contribution >= 0.6 is 11.3 Å². The van der Waals surface area contributed by atoms with Crippen molar-refractivity contribution < 1.29 is 0 Å². The van der Waals surface area contributed by atoms with Crippen molar-refractivity contribution in [3.05, 3.63) is 28.8 Å². The van der Waals surface area contributed by atoms with Crippen molar-refractivity contribution >= 4 is 17.2 Å². The Balaban J connectivity index is 1.68. The molecule has 0 amide bonds. The summed E-state index contributed by atoms with van der Waals surface area (Å²) < 4.78 is 1.88. The highest BCUT2D eigenvalue weighted by Gasteiger charge is 2.02. The second kappa shape index (κ2) is 5.79. The minimum Gasteiger partial charge on any atom is -0.382 e. The Kier molecular flexibility index (Phi) is 4.11. The summed E-state index contributed by atoms with van der Waals surface area (Å²) in [6.45, 7) is 2.83. The van der Waals surface area contributed by atoms with Crippen LogP contribution in [0.3, 0.4) is 0 Å². The van der Waals surface area contributed by atoms with Crippen LogP contribution < -0.4 is 5.73 Å². The first-order chi connectivity index (χ1) is 8.24. The van der Waals surface area contributed by atoms with Crippen LogP contribution in [0.1, 0.15) is 12.1 Å². The van der Waals surface area contributed by atoms with Gasteiger partial charge >= 0.3 is 0 Å². The normalized spacial score (nSPS) is 11.2. The number of nitrogen functional groups attached to an aromatic ring is 1. The Hall–Kier alpha value is -1.40. The summed E-state index contributed by atoms with van der Waals surface area (Å²) in [5.41, 5.74) is 8.56. The third kappa shape index (κ3) is 3.83. The predicted octanol–water partition coefficient (Wildman–Crippen LogP) is 1.44. The lowest BCUT2D eigenvalue weighted by Gasteiger charge is -2.14. The number of hydrogen-bond donors (Lipinski definition) is 1. The fourth-order valence-electron chi connectivity index (χ4n) is 1.68. The van der Waals surface area contributed by atoms with Crippen LogP contribution in [0.2, 0.25) is 0 Å². The summed E-state index contributed by atoms with van der Waals surface area (Å²) in [5, 5.41) is 6.24. The Bertz CT molecular complexity index is 436. The molecule has 0 spiro atoms. The van der Waals surface area contributed by atoms with E-state index in [1.54, 1.807) is 11.3 Å². The van der Waals surface area contributed by atoms with Crippen molar-refractivity contribution in [2.75, 3.05) is 19.3 Å². The van der Waals surface area contributed by atoms with Crippen LogP contribution in [0, 0.1) is 0 Å². The van der Waals surface area contributed by atoms with Gasteiger partial charge in [0, 0.05) is 31.2 Å². The maximum absolute atomic E-state index is 5.55. The molecule has 0 atom stereocenters. The highest BCUT2D eigenvalue weighted by molar-refractivity contribution is 7.07. The molecule has 0 unspecified atom stereocenters. The molecule has 0 saturated heterocycles. The van der Waals surface area contributed by atoms with Gasteiger partial charge in [-0.2, -0.15) is 5.10 Å². The van der Waals surface area contributed by atoms with Gasteiger partial charge in [-0.05, 0) is 19.5 Å². The van der Waals surface area contributed by atoms with Gasteiger partial charge in [0.25, 0.3) is 0 Å². The van der Waals surface area contributed by atoms with E-state index < -0.39 is 0 Å². The second-order valence-electron chi connectivity index (χ2n) is 4.07. The van der Waals surface area contributed by atoms with Crippen molar-refractivity contribution in [3.63, 3.8) is 0 Å². The van der Waals surface area contributed by atoms with Crippen LogP contribution in [-0.2, 0) is 13.1 Å². The van der Waals surface area contributed by atoms with Gasteiger partial charge in [-0.25, -0.2) is 4.98 Å². The molecule has 5 nitrogen and oxygen atoms in total. The smallest absolute Gasteiger partial charge is 0.145 e. The summed E-state index contributed by atoms with van der Waals surface area (Å²) in [6, 6.07) is 1.82. The van der Waals surface area contributed by atoms with E-state index in [0.29, 0.717) is 5.82 Å². The Labute approximate surface area is 105 Å². The van der Waals surface area contributed by atoms with Crippen LogP contribution in [0.5, 0.6) is 0 Å². The van der Waals surface area contributed by atoms with Gasteiger partial charge in [0.15, 0.2) is 0 Å². The van der Waals surface area contributed by atoms with Crippen LogP contribution in [0.25, 0.3) is 0 Å². The van der Waals surface area contributed by atoms with E-state index in [9.17, 15) is 0 Å². The SMILES string of the molecule is CN(CCCn1ccc(N)n1)Cc1cscn1. The molecule has 0 saturated carbocycles. The maximum atomic E-state index is 5.55. The van der Waals surface area contributed by atoms with Crippen molar-refractivity contribution in [1.29, 1.82) is 0 Å². The zero-order valence-electron chi connectivity index (χ0n) is 9.91. The summed E-state index contributed by atoms with van der Waals surface area (Å²) >= 11 is 1.64. The summed E-state index contributed by atoms with van der Waals surface area (Å²) in [7, 11) is 2.11. The summed E-state index contributed by atoms with van der Waals surface area (Å²) in [6.07, 6.45) is 2.97. The molecule has 17 heavy (non-hydrogen) atoms. The molecule has 0 fully saturated rings. The number of rotatable bonds is 6. The molecule has 2 rings (SSSR count). The van der Waals surface area contributed by atoms with Gasteiger partial charge < -0.3 is 10.6 Å². The molecule has 92 valence electrons. The van der Waals surface area contributed by atoms with Crippen molar-refractivity contribution in [3.8, 4) is 0 Å². The van der Waals surface area contributed by atoms with E-state index in [1.807, 2.05) is 22.5 Å². The average molecular weight is 251 g/mol. The van der Waals surface area contributed by atoms with Gasteiger partial charge in [0.2, 0.25) is 0 Å². The zero-order chi connectivity index (χ0) is 12.1. The number of nitrogens with two attached hydrogens (primary N) is 1. The highest BCUT2D eigenvalue weighted by Crippen LogP contribution is 2.05. The van der Waals surface area contributed by atoms with Gasteiger partial charge in [-0.1, -0.05) is 0 Å². The van der Waals surface area contributed by atoms with E-state index in [1.165, 1.54) is 0 Å². The molecular formula is C11H17N5S. The predicted molar refractivity (Wildman–Crippen MR) is 69.7 cm³/mol. The van der Waals surface area contributed by atoms with E-state index in [4.69, 9.17) is 5.73 Å². The summed E-state index contributed by atoms with van der Waals surface area (Å²) in [4.78, 5) is 6.53. The topological polar surface area (TPSA) is 60.0 Å². The van der Waals surface area contributed by atoms with E-state index >= 15 is 0 Å². The fraction of sp³-hybridized carbons (Fsp3) is 0.455. The largest absolute Gasteiger partial charge is 0.382 e. The molecule has 2 heterocycles. The lowest BCUT2D eigenvalue weighted by Crippen LogP contribution is -2.20. The molecule has 0 aliphatic rings. The van der Waals surface area contributed by atoms with Crippen molar-refractivity contribution in [1.82, 2.24) is 19.7 Å². The minimum atomic E-state index is 0.584. The lowest BCUT2D eigenvalue weighted by molar-refractivity contribution is 0.308. The average Bonchev–Trinajstić information content (AvgIpc) is 2.90. The fourth-order valence-corrected chi connectivity index (χ4v) is 2.23. The molecule has 2 aromatic heterocycles. The maximum Gasteiger partial charge on any atom is 0.145 e. The number of aryl methyl sites for hydroxylation is 1. The number of nitrogens with zero attached hydrogens (tertiary/aromatic N) is 4. The highest BCUT2D eigenvalue weighted by atomic mass is 32.1. The Morgan fingerprint density at radius 2 is 2.41 bits per heavy atom. The minimum absolute atomic E-state index is 0.584. The van der Waals surface area contributed by atoms with Gasteiger partial charge in [-0.15, -0.1) is 11.3 Å². The van der Waals surface area contributed by atoms with Crippen molar-refractivity contribution in [2.24, 2.45) is 0 Å². The van der Waals surface area contributed by atoms with Crippen LogP contribution in [0.15, 0.2) is 23.2 Å². The molecule has 0 aliphatic heterocycles. The number of hydrogen-bond acceptors (Lipinski definition) is 5.